The molecule has 1 unspecified atom stereocenters. The van der Waals surface area contributed by atoms with Crippen LogP contribution in [0.3, 0.4) is 0 Å². The lowest BCUT2D eigenvalue weighted by Crippen LogP contribution is -2.42. The van der Waals surface area contributed by atoms with Crippen LogP contribution in [0.25, 0.3) is 0 Å². The van der Waals surface area contributed by atoms with Gasteiger partial charge < -0.3 is 26.0 Å². The third-order valence-electron chi connectivity index (χ3n) is 2.63. The van der Waals surface area contributed by atoms with Gasteiger partial charge in [0.2, 0.25) is 0 Å². The van der Waals surface area contributed by atoms with Crippen molar-refractivity contribution in [3.05, 3.63) is 23.8 Å². The van der Waals surface area contributed by atoms with Gasteiger partial charge in [-0.1, -0.05) is 0 Å². The Morgan fingerprint density at radius 3 is 2.65 bits per heavy atom. The van der Waals surface area contributed by atoms with Gasteiger partial charge in [0.25, 0.3) is 5.91 Å². The number of nitrogens with one attached hydrogen (secondary N) is 1. The van der Waals surface area contributed by atoms with Gasteiger partial charge in [0.05, 0.1) is 24.7 Å². The summed E-state index contributed by atoms with van der Waals surface area (Å²) in [7, 11) is 1.41. The second-order valence-electron chi connectivity index (χ2n) is 4.71. The zero-order valence-corrected chi connectivity index (χ0v) is 11.3. The summed E-state index contributed by atoms with van der Waals surface area (Å²) < 4.78 is 5.05. The number of rotatable bonds is 6. The van der Waals surface area contributed by atoms with E-state index in [4.69, 9.17) is 15.6 Å². The van der Waals surface area contributed by atoms with Gasteiger partial charge in [0.15, 0.2) is 0 Å². The summed E-state index contributed by atoms with van der Waals surface area (Å²) in [5, 5.41) is 20.9. The smallest absolute Gasteiger partial charge is 0.306 e. The number of anilines is 1. The van der Waals surface area contributed by atoms with E-state index in [0.29, 0.717) is 11.4 Å². The monoisotopic (exact) mass is 282 g/mol. The Kier molecular flexibility index (Phi) is 4.93. The number of ether oxygens (including phenoxy) is 1. The van der Waals surface area contributed by atoms with Gasteiger partial charge in [0, 0.05) is 18.3 Å². The lowest BCUT2D eigenvalue weighted by atomic mass is 10.0. The summed E-state index contributed by atoms with van der Waals surface area (Å²) in [5.74, 6) is -1.32. The van der Waals surface area contributed by atoms with Crippen molar-refractivity contribution in [3.63, 3.8) is 0 Å². The number of amides is 1. The molecule has 0 spiro atoms. The predicted molar refractivity (Wildman–Crippen MR) is 72.6 cm³/mol. The SMILES string of the molecule is COc1cc(N)ccc1C(=O)NCC(C)(O)CC(=O)O. The minimum absolute atomic E-state index is 0.189. The summed E-state index contributed by atoms with van der Waals surface area (Å²) >= 11 is 0. The quantitative estimate of drug-likeness (QED) is 0.554. The first-order valence-electron chi connectivity index (χ1n) is 5.91. The molecule has 0 aromatic heterocycles. The zero-order chi connectivity index (χ0) is 15.3. The third-order valence-corrected chi connectivity index (χ3v) is 2.63. The number of aliphatic hydroxyl groups is 1. The predicted octanol–water partition coefficient (Wildman–Crippen LogP) is 0.233. The van der Waals surface area contributed by atoms with E-state index in [9.17, 15) is 14.7 Å². The van der Waals surface area contributed by atoms with E-state index in [1.54, 1.807) is 6.07 Å². The average molecular weight is 282 g/mol. The Labute approximate surface area is 116 Å². The molecule has 1 amide bonds. The fraction of sp³-hybridized carbons (Fsp3) is 0.385. The number of carbonyl (C=O) groups is 2. The van der Waals surface area contributed by atoms with Gasteiger partial charge in [-0.25, -0.2) is 0 Å². The lowest BCUT2D eigenvalue weighted by molar-refractivity contribution is -0.141. The highest BCUT2D eigenvalue weighted by Gasteiger charge is 2.25. The molecule has 7 nitrogen and oxygen atoms in total. The minimum Gasteiger partial charge on any atom is -0.496 e. The van der Waals surface area contributed by atoms with Crippen LogP contribution in [-0.4, -0.2) is 41.3 Å². The molecule has 1 aromatic rings. The Bertz CT molecular complexity index is 513. The van der Waals surface area contributed by atoms with E-state index < -0.39 is 23.9 Å². The van der Waals surface area contributed by atoms with Crippen molar-refractivity contribution in [2.45, 2.75) is 18.9 Å². The van der Waals surface area contributed by atoms with Crippen molar-refractivity contribution in [2.24, 2.45) is 0 Å². The van der Waals surface area contributed by atoms with E-state index in [1.807, 2.05) is 0 Å². The number of nitrogens with two attached hydrogens (primary N) is 1. The number of methoxy groups -OCH3 is 1. The second-order valence-corrected chi connectivity index (χ2v) is 4.71. The lowest BCUT2D eigenvalue weighted by Gasteiger charge is -2.21. The molecule has 1 rings (SSSR count). The molecule has 0 heterocycles. The Morgan fingerprint density at radius 2 is 2.10 bits per heavy atom. The molecule has 0 radical (unpaired) electrons. The highest BCUT2D eigenvalue weighted by molar-refractivity contribution is 5.97. The summed E-state index contributed by atoms with van der Waals surface area (Å²) in [6.45, 7) is 1.15. The van der Waals surface area contributed by atoms with Crippen LogP contribution in [-0.2, 0) is 4.79 Å². The Morgan fingerprint density at radius 1 is 1.45 bits per heavy atom. The second kappa shape index (κ2) is 6.25. The van der Waals surface area contributed by atoms with Crippen LogP contribution >= 0.6 is 0 Å². The molecule has 0 aliphatic carbocycles. The third kappa shape index (κ3) is 4.43. The normalized spacial score (nSPS) is 13.3. The molecule has 1 atom stereocenters. The number of nitrogen functional groups attached to an aromatic ring is 1. The average Bonchev–Trinajstić information content (AvgIpc) is 2.34. The fourth-order valence-electron chi connectivity index (χ4n) is 1.65. The van der Waals surface area contributed by atoms with Crippen molar-refractivity contribution in [1.82, 2.24) is 5.32 Å². The van der Waals surface area contributed by atoms with Crippen LogP contribution in [0.2, 0.25) is 0 Å². The van der Waals surface area contributed by atoms with Crippen molar-refractivity contribution in [3.8, 4) is 5.75 Å². The molecule has 110 valence electrons. The van der Waals surface area contributed by atoms with Crippen molar-refractivity contribution >= 4 is 17.6 Å². The van der Waals surface area contributed by atoms with Gasteiger partial charge in [0.1, 0.15) is 5.75 Å². The molecule has 5 N–H and O–H groups in total. The molecule has 1 aromatic carbocycles. The van der Waals surface area contributed by atoms with Gasteiger partial charge in [-0.3, -0.25) is 9.59 Å². The highest BCUT2D eigenvalue weighted by atomic mass is 16.5. The van der Waals surface area contributed by atoms with Crippen LogP contribution in [0.1, 0.15) is 23.7 Å². The molecular weight excluding hydrogens is 264 g/mol. The Balaban J connectivity index is 2.75. The molecule has 0 aliphatic heterocycles. The number of carboxylic acids is 1. The maximum Gasteiger partial charge on any atom is 0.306 e. The van der Waals surface area contributed by atoms with Gasteiger partial charge in [-0.2, -0.15) is 0 Å². The first-order chi connectivity index (χ1) is 9.25. The zero-order valence-electron chi connectivity index (χ0n) is 11.3. The molecule has 7 heteroatoms. The van der Waals surface area contributed by atoms with Crippen molar-refractivity contribution in [1.29, 1.82) is 0 Å². The molecular formula is C13H18N2O5. The number of hydrogen-bond donors (Lipinski definition) is 4. The number of carbonyl (C=O) groups excluding carboxylic acids is 1. The van der Waals surface area contributed by atoms with Crippen molar-refractivity contribution in [2.75, 3.05) is 19.4 Å². The number of benzene rings is 1. The first kappa shape index (κ1) is 15.8. The molecule has 0 fully saturated rings. The number of hydrogen-bond acceptors (Lipinski definition) is 5. The van der Waals surface area contributed by atoms with E-state index in [2.05, 4.69) is 5.32 Å². The van der Waals surface area contributed by atoms with Gasteiger partial charge in [-0.05, 0) is 19.1 Å². The molecule has 0 saturated carbocycles. The number of aliphatic carboxylic acids is 1. The van der Waals surface area contributed by atoms with Crippen LogP contribution in [0.5, 0.6) is 5.75 Å². The fourth-order valence-corrected chi connectivity index (χ4v) is 1.65. The van der Waals surface area contributed by atoms with E-state index in [-0.39, 0.29) is 12.1 Å². The summed E-state index contributed by atoms with van der Waals surface area (Å²) in [4.78, 5) is 22.5. The molecule has 0 aliphatic rings. The topological polar surface area (TPSA) is 122 Å². The standard InChI is InChI=1S/C13H18N2O5/c1-13(19,6-11(16)17)7-15-12(18)9-4-3-8(14)5-10(9)20-2/h3-5,19H,6-7,14H2,1-2H3,(H,15,18)(H,16,17). The summed E-state index contributed by atoms with van der Waals surface area (Å²) in [6, 6.07) is 4.55. The maximum atomic E-state index is 12.0. The maximum absolute atomic E-state index is 12.0. The summed E-state index contributed by atoms with van der Waals surface area (Å²) in [6.07, 6.45) is -0.466. The first-order valence-corrected chi connectivity index (χ1v) is 5.91. The largest absolute Gasteiger partial charge is 0.496 e. The Hall–Kier alpha value is -2.28. The van der Waals surface area contributed by atoms with Crippen LogP contribution in [0.15, 0.2) is 18.2 Å². The van der Waals surface area contributed by atoms with Gasteiger partial charge >= 0.3 is 5.97 Å². The van der Waals surface area contributed by atoms with Crippen LogP contribution in [0.4, 0.5) is 5.69 Å². The molecule has 20 heavy (non-hydrogen) atoms. The number of carboxylic acid groups (broad SMARTS) is 1. The van der Waals surface area contributed by atoms with Crippen molar-refractivity contribution < 1.29 is 24.5 Å². The minimum atomic E-state index is -1.53. The van der Waals surface area contributed by atoms with E-state index >= 15 is 0 Å². The summed E-state index contributed by atoms with van der Waals surface area (Å²) in [5.41, 5.74) is 4.77. The highest BCUT2D eigenvalue weighted by Crippen LogP contribution is 2.21. The van der Waals surface area contributed by atoms with Gasteiger partial charge in [-0.15, -0.1) is 0 Å². The van der Waals surface area contributed by atoms with Crippen LogP contribution in [0, 0.1) is 0 Å². The van der Waals surface area contributed by atoms with Crippen LogP contribution < -0.4 is 15.8 Å². The van der Waals surface area contributed by atoms with E-state index in [0.717, 1.165) is 0 Å². The molecule has 0 bridgehead atoms. The van der Waals surface area contributed by atoms with E-state index in [1.165, 1.54) is 26.2 Å². The molecule has 0 saturated heterocycles.